The lowest BCUT2D eigenvalue weighted by Crippen LogP contribution is -2.46. The molecule has 164 valence electrons. The zero-order valence-corrected chi connectivity index (χ0v) is 18.2. The molecule has 0 saturated carbocycles. The molecule has 3 heterocycles. The summed E-state index contributed by atoms with van der Waals surface area (Å²) in [6.07, 6.45) is 1.87. The van der Waals surface area contributed by atoms with Gasteiger partial charge in [-0.1, -0.05) is 25.4 Å². The Kier molecular flexibility index (Phi) is 7.14. The molecule has 2 aromatic heterocycles. The number of piperidine rings is 1. The zero-order chi connectivity index (χ0) is 21.8. The van der Waals surface area contributed by atoms with Gasteiger partial charge in [-0.25, -0.2) is 9.78 Å². The van der Waals surface area contributed by atoms with E-state index < -0.39 is 5.97 Å². The highest BCUT2D eigenvalue weighted by molar-refractivity contribution is 6.30. The first kappa shape index (κ1) is 22.3. The quantitative estimate of drug-likeness (QED) is 0.571. The monoisotopic (exact) mass is 438 g/mol. The Morgan fingerprint density at radius 3 is 2.63 bits per heavy atom. The Hall–Kier alpha value is -2.39. The molecule has 2 N–H and O–H groups in total. The number of anilines is 1. The van der Waals surface area contributed by atoms with Gasteiger partial charge in [-0.15, -0.1) is 0 Å². The van der Waals surface area contributed by atoms with E-state index in [2.05, 4.69) is 15.0 Å². The number of carboxylic acids is 1. The third kappa shape index (κ3) is 4.67. The first-order valence-electron chi connectivity index (χ1n) is 10.2. The number of hydrogen-bond acceptors (Lipinski definition) is 7. The lowest BCUT2D eigenvalue weighted by molar-refractivity contribution is 0.00930. The minimum Gasteiger partial charge on any atom is -0.476 e. The Morgan fingerprint density at radius 1 is 1.30 bits per heavy atom. The number of carbonyl (C=O) groups is 2. The van der Waals surface area contributed by atoms with E-state index in [1.165, 1.54) is 0 Å². The summed E-state index contributed by atoms with van der Waals surface area (Å²) in [7, 11) is 0. The molecule has 1 aliphatic rings. The fourth-order valence-corrected chi connectivity index (χ4v) is 4.01. The van der Waals surface area contributed by atoms with Gasteiger partial charge in [0.1, 0.15) is 5.76 Å². The van der Waals surface area contributed by atoms with Crippen LogP contribution in [0.4, 0.5) is 6.01 Å². The summed E-state index contributed by atoms with van der Waals surface area (Å²) in [6.45, 7) is 7.22. The van der Waals surface area contributed by atoms with E-state index in [1.807, 2.05) is 25.7 Å². The van der Waals surface area contributed by atoms with E-state index in [-0.39, 0.29) is 41.8 Å². The van der Waals surface area contributed by atoms with Gasteiger partial charge in [0, 0.05) is 32.5 Å². The Bertz CT molecular complexity index is 909. The highest BCUT2D eigenvalue weighted by Crippen LogP contribution is 2.30. The summed E-state index contributed by atoms with van der Waals surface area (Å²) in [5.41, 5.74) is 0.695. The number of rotatable bonds is 9. The van der Waals surface area contributed by atoms with Crippen LogP contribution < -0.4 is 4.90 Å². The number of imidazole rings is 1. The number of carbonyl (C=O) groups excluding carboxylic acids is 1. The van der Waals surface area contributed by atoms with E-state index in [0.717, 1.165) is 5.69 Å². The fourth-order valence-electron chi connectivity index (χ4n) is 3.75. The first-order chi connectivity index (χ1) is 14.4. The van der Waals surface area contributed by atoms with E-state index in [4.69, 9.17) is 20.8 Å². The van der Waals surface area contributed by atoms with Crippen LogP contribution >= 0.6 is 11.6 Å². The summed E-state index contributed by atoms with van der Waals surface area (Å²) < 4.78 is 11.6. The predicted octanol–water partition coefficient (Wildman–Crippen LogP) is 3.38. The molecule has 1 aliphatic heterocycles. The zero-order valence-electron chi connectivity index (χ0n) is 17.4. The second kappa shape index (κ2) is 9.61. The summed E-state index contributed by atoms with van der Waals surface area (Å²) in [4.78, 5) is 37.3. The van der Waals surface area contributed by atoms with Crippen molar-refractivity contribution in [2.24, 2.45) is 5.92 Å². The van der Waals surface area contributed by atoms with Crippen LogP contribution in [-0.2, 0) is 17.6 Å². The maximum atomic E-state index is 12.7. The van der Waals surface area contributed by atoms with Gasteiger partial charge in [0.15, 0.2) is 22.5 Å². The van der Waals surface area contributed by atoms with E-state index in [9.17, 15) is 14.7 Å². The fraction of sp³-hybridized carbons (Fsp3) is 0.600. The third-order valence-electron chi connectivity index (χ3n) is 5.35. The van der Waals surface area contributed by atoms with Gasteiger partial charge >= 0.3 is 5.97 Å². The average Bonchev–Trinajstić information content (AvgIpc) is 3.33. The van der Waals surface area contributed by atoms with Gasteiger partial charge in [0.25, 0.3) is 6.01 Å². The highest BCUT2D eigenvalue weighted by Gasteiger charge is 2.34. The molecule has 0 unspecified atom stereocenters. The molecule has 0 aliphatic carbocycles. The molecule has 10 heteroatoms. The summed E-state index contributed by atoms with van der Waals surface area (Å²) >= 11 is 6.06. The number of hydrogen-bond donors (Lipinski definition) is 2. The number of nitrogens with one attached hydrogen (secondary N) is 1. The van der Waals surface area contributed by atoms with Crippen LogP contribution in [0.15, 0.2) is 4.42 Å². The first-order valence-corrected chi connectivity index (χ1v) is 10.6. The summed E-state index contributed by atoms with van der Waals surface area (Å²) in [5.74, 6) is -0.572. The minimum atomic E-state index is -1.10. The van der Waals surface area contributed by atoms with Gasteiger partial charge in [0.05, 0.1) is 11.8 Å². The number of halogens is 1. The molecule has 2 atom stereocenters. The molecule has 0 bridgehead atoms. The van der Waals surface area contributed by atoms with Crippen molar-refractivity contribution in [2.75, 3.05) is 24.6 Å². The molecule has 1 fully saturated rings. The normalized spacial score (nSPS) is 19.3. The second-order valence-electron chi connectivity index (χ2n) is 7.25. The Morgan fingerprint density at radius 2 is 2.07 bits per heavy atom. The van der Waals surface area contributed by atoms with Gasteiger partial charge in [-0.2, -0.15) is 4.98 Å². The lowest BCUT2D eigenvalue weighted by Gasteiger charge is -2.37. The molecule has 2 aromatic rings. The standard InChI is InChI=1S/C20H27ClN4O5/c1-4-12-17(21)24-18(22-12)13(26)9-11-7-8-25(10-15(11)29-6-3)20-23-16(19(27)28)14(5-2)30-20/h11,15H,4-10H2,1-3H3,(H,22,24)(H,27,28)/t11-,15-/m0/s1. The van der Waals surface area contributed by atoms with Crippen LogP contribution in [0, 0.1) is 5.92 Å². The van der Waals surface area contributed by atoms with Gasteiger partial charge in [0.2, 0.25) is 0 Å². The lowest BCUT2D eigenvalue weighted by atomic mass is 9.89. The van der Waals surface area contributed by atoms with Crippen molar-refractivity contribution in [3.05, 3.63) is 28.1 Å². The number of aromatic carboxylic acids is 1. The minimum absolute atomic E-state index is 0.00204. The maximum Gasteiger partial charge on any atom is 0.358 e. The molecule has 0 spiro atoms. The summed E-state index contributed by atoms with van der Waals surface area (Å²) in [5, 5.41) is 9.65. The van der Waals surface area contributed by atoms with Gasteiger partial charge in [-0.3, -0.25) is 4.79 Å². The van der Waals surface area contributed by atoms with Crippen LogP contribution in [-0.4, -0.2) is 57.6 Å². The largest absolute Gasteiger partial charge is 0.476 e. The van der Waals surface area contributed by atoms with Crippen LogP contribution in [0.3, 0.4) is 0 Å². The number of ketones is 1. The highest BCUT2D eigenvalue weighted by atomic mass is 35.5. The van der Waals surface area contributed by atoms with Crippen molar-refractivity contribution in [1.29, 1.82) is 0 Å². The van der Waals surface area contributed by atoms with E-state index >= 15 is 0 Å². The maximum absolute atomic E-state index is 12.7. The molecular formula is C20H27ClN4O5. The Labute approximate surface area is 179 Å². The van der Waals surface area contributed by atoms with Crippen molar-refractivity contribution in [2.45, 2.75) is 52.6 Å². The SMILES string of the molecule is CCO[C@H]1CN(c2nc(C(=O)O)c(CC)o2)CC[C@H]1CC(=O)c1nc(Cl)c(CC)[nH]1. The topological polar surface area (TPSA) is 122 Å². The number of Topliss-reactive ketones (excluding diaryl/α,β-unsaturated/α-hetero) is 1. The average molecular weight is 439 g/mol. The van der Waals surface area contributed by atoms with Crippen LogP contribution in [0.1, 0.15) is 66.2 Å². The Balaban J connectivity index is 1.72. The molecule has 1 saturated heterocycles. The number of H-pyrrole nitrogens is 1. The van der Waals surface area contributed by atoms with Crippen molar-refractivity contribution >= 4 is 29.4 Å². The van der Waals surface area contributed by atoms with E-state index in [0.29, 0.717) is 49.9 Å². The van der Waals surface area contributed by atoms with Crippen LogP contribution in [0.5, 0.6) is 0 Å². The van der Waals surface area contributed by atoms with Gasteiger partial charge in [-0.05, 0) is 25.7 Å². The van der Waals surface area contributed by atoms with Crippen molar-refractivity contribution < 1.29 is 23.8 Å². The van der Waals surface area contributed by atoms with Crippen molar-refractivity contribution in [3.8, 4) is 0 Å². The number of carboxylic acid groups (broad SMARTS) is 1. The van der Waals surface area contributed by atoms with Crippen LogP contribution in [0.25, 0.3) is 0 Å². The number of nitrogens with zero attached hydrogens (tertiary/aromatic N) is 3. The smallest absolute Gasteiger partial charge is 0.358 e. The van der Waals surface area contributed by atoms with Crippen molar-refractivity contribution in [3.63, 3.8) is 0 Å². The predicted molar refractivity (Wildman–Crippen MR) is 110 cm³/mol. The summed E-state index contributed by atoms with van der Waals surface area (Å²) in [6, 6.07) is 0.282. The molecular weight excluding hydrogens is 412 g/mol. The number of ether oxygens (including phenoxy) is 1. The van der Waals surface area contributed by atoms with Crippen LogP contribution in [0.2, 0.25) is 5.15 Å². The molecule has 3 rings (SSSR count). The molecule has 0 aromatic carbocycles. The van der Waals surface area contributed by atoms with E-state index in [1.54, 1.807) is 0 Å². The second-order valence-corrected chi connectivity index (χ2v) is 7.61. The third-order valence-corrected chi connectivity index (χ3v) is 5.66. The molecule has 0 radical (unpaired) electrons. The molecule has 9 nitrogen and oxygen atoms in total. The number of aryl methyl sites for hydroxylation is 2. The number of aromatic nitrogens is 3. The number of aromatic amines is 1. The molecule has 0 amide bonds. The number of oxazole rings is 1. The molecule has 30 heavy (non-hydrogen) atoms. The van der Waals surface area contributed by atoms with Crippen molar-refractivity contribution in [1.82, 2.24) is 15.0 Å². The van der Waals surface area contributed by atoms with Gasteiger partial charge < -0.3 is 24.1 Å².